The molecule has 126 valence electrons. The van der Waals surface area contributed by atoms with E-state index in [2.05, 4.69) is 5.32 Å². The summed E-state index contributed by atoms with van der Waals surface area (Å²) >= 11 is 0. The predicted molar refractivity (Wildman–Crippen MR) is 87.3 cm³/mol. The Balaban J connectivity index is 2.02. The highest BCUT2D eigenvalue weighted by atomic mass is 32.2. The number of benzene rings is 2. The van der Waals surface area contributed by atoms with Crippen molar-refractivity contribution in [2.45, 2.75) is 23.8 Å². The fraction of sp³-hybridized carbons (Fsp3) is 0.250. The molecular weight excluding hydrogens is 335 g/mol. The number of para-hydroxylation sites is 1. The first-order valence-electron chi connectivity index (χ1n) is 7.29. The van der Waals surface area contributed by atoms with Crippen LogP contribution in [0.1, 0.15) is 23.6 Å². The van der Waals surface area contributed by atoms with E-state index in [0.29, 0.717) is 12.8 Å². The molecule has 0 spiro atoms. The molecule has 1 aliphatic carbocycles. The van der Waals surface area contributed by atoms with Gasteiger partial charge in [0, 0.05) is 6.26 Å². The lowest BCUT2D eigenvalue weighted by molar-refractivity contribution is -0.386. The number of rotatable bonds is 4. The molecule has 2 aromatic carbocycles. The van der Waals surface area contributed by atoms with Gasteiger partial charge in [-0.3, -0.25) is 10.1 Å². The van der Waals surface area contributed by atoms with Crippen LogP contribution in [0.2, 0.25) is 0 Å². The first kappa shape index (κ1) is 16.4. The summed E-state index contributed by atoms with van der Waals surface area (Å²) < 4.78 is 36.9. The third-order valence-corrected chi connectivity index (χ3v) is 5.22. The lowest BCUT2D eigenvalue weighted by Crippen LogP contribution is -2.11. The molecule has 0 fully saturated rings. The Morgan fingerprint density at radius 1 is 1.29 bits per heavy atom. The monoisotopic (exact) mass is 350 g/mol. The van der Waals surface area contributed by atoms with Crippen LogP contribution in [-0.2, 0) is 16.3 Å². The number of nitrogens with zero attached hydrogens (tertiary/aromatic N) is 1. The number of nitro groups is 1. The Bertz CT molecular complexity index is 928. The Kier molecular flexibility index (Phi) is 4.00. The molecule has 1 aliphatic rings. The zero-order valence-corrected chi connectivity index (χ0v) is 13.6. The van der Waals surface area contributed by atoms with E-state index in [9.17, 15) is 22.9 Å². The van der Waals surface area contributed by atoms with Crippen LogP contribution in [0.15, 0.2) is 41.3 Å². The molecule has 8 heteroatoms. The first-order valence-corrected chi connectivity index (χ1v) is 9.19. The highest BCUT2D eigenvalue weighted by Crippen LogP contribution is 2.38. The van der Waals surface area contributed by atoms with Gasteiger partial charge in [0.1, 0.15) is 16.4 Å². The third-order valence-electron chi connectivity index (χ3n) is 4.09. The molecule has 1 N–H and O–H groups in total. The van der Waals surface area contributed by atoms with Crippen LogP contribution in [0.3, 0.4) is 0 Å². The van der Waals surface area contributed by atoms with Crippen LogP contribution in [-0.4, -0.2) is 19.6 Å². The largest absolute Gasteiger partial charge is 0.373 e. The molecule has 0 aromatic heterocycles. The number of fused-ring (bicyclic) bond motifs is 1. The van der Waals surface area contributed by atoms with Gasteiger partial charge in [-0.15, -0.1) is 0 Å². The van der Waals surface area contributed by atoms with Crippen molar-refractivity contribution >= 4 is 21.2 Å². The summed E-state index contributed by atoms with van der Waals surface area (Å²) in [4.78, 5) is 10.4. The summed E-state index contributed by atoms with van der Waals surface area (Å²) in [7, 11) is -3.73. The first-order chi connectivity index (χ1) is 11.3. The zero-order chi connectivity index (χ0) is 17.5. The number of anilines is 1. The van der Waals surface area contributed by atoms with Crippen molar-refractivity contribution in [2.24, 2.45) is 0 Å². The molecule has 2 aromatic rings. The summed E-state index contributed by atoms with van der Waals surface area (Å²) in [6.07, 6.45) is 2.25. The highest BCUT2D eigenvalue weighted by molar-refractivity contribution is 7.90. The number of hydrogen-bond donors (Lipinski definition) is 1. The predicted octanol–water partition coefficient (Wildman–Crippen LogP) is 3.24. The Morgan fingerprint density at radius 3 is 2.71 bits per heavy atom. The summed E-state index contributed by atoms with van der Waals surface area (Å²) in [5.41, 5.74) is 1.41. The van der Waals surface area contributed by atoms with Gasteiger partial charge in [0.15, 0.2) is 9.84 Å². The van der Waals surface area contributed by atoms with Crippen LogP contribution in [0.25, 0.3) is 0 Å². The molecule has 0 saturated heterocycles. The van der Waals surface area contributed by atoms with Gasteiger partial charge >= 0.3 is 5.69 Å². The molecule has 0 saturated carbocycles. The minimum Gasteiger partial charge on any atom is -0.373 e. The summed E-state index contributed by atoms with van der Waals surface area (Å²) in [5, 5.41) is 14.5. The quantitative estimate of drug-likeness (QED) is 0.675. The smallest absolute Gasteiger partial charge is 0.310 e. The van der Waals surface area contributed by atoms with Crippen molar-refractivity contribution in [1.82, 2.24) is 0 Å². The average Bonchev–Trinajstić information content (AvgIpc) is 2.88. The van der Waals surface area contributed by atoms with Gasteiger partial charge in [-0.1, -0.05) is 12.1 Å². The molecule has 24 heavy (non-hydrogen) atoms. The number of nitro benzene ring substituents is 1. The Labute approximate surface area is 138 Å². The maximum Gasteiger partial charge on any atom is 0.310 e. The number of nitrogens with one attached hydrogen (secondary N) is 1. The topological polar surface area (TPSA) is 89.3 Å². The molecule has 0 aliphatic heterocycles. The van der Waals surface area contributed by atoms with Crippen molar-refractivity contribution in [3.05, 3.63) is 63.5 Å². The molecule has 0 radical (unpaired) electrons. The van der Waals surface area contributed by atoms with Crippen molar-refractivity contribution in [3.8, 4) is 0 Å². The Hall–Kier alpha value is -2.48. The van der Waals surface area contributed by atoms with Gasteiger partial charge in [-0.25, -0.2) is 12.8 Å². The van der Waals surface area contributed by atoms with Crippen LogP contribution < -0.4 is 5.32 Å². The summed E-state index contributed by atoms with van der Waals surface area (Å²) in [6, 6.07) is 8.39. The molecule has 0 amide bonds. The number of sulfone groups is 1. The molecule has 0 heterocycles. The number of hydrogen-bond acceptors (Lipinski definition) is 5. The van der Waals surface area contributed by atoms with Gasteiger partial charge < -0.3 is 5.32 Å². The van der Waals surface area contributed by atoms with E-state index in [0.717, 1.165) is 17.4 Å². The van der Waals surface area contributed by atoms with Gasteiger partial charge in [0.05, 0.1) is 11.0 Å². The number of halogens is 1. The fourth-order valence-electron chi connectivity index (χ4n) is 3.05. The SMILES string of the molecule is CS(=O)(=O)c1cccc(NC2CCc3cc(F)ccc32)c1[N+](=O)[O-]. The second-order valence-electron chi connectivity index (χ2n) is 5.76. The van der Waals surface area contributed by atoms with E-state index < -0.39 is 20.4 Å². The molecule has 3 rings (SSSR count). The summed E-state index contributed by atoms with van der Waals surface area (Å²) in [6.45, 7) is 0. The van der Waals surface area contributed by atoms with E-state index >= 15 is 0 Å². The third kappa shape index (κ3) is 2.96. The van der Waals surface area contributed by atoms with Gasteiger partial charge in [-0.05, 0) is 48.2 Å². The average molecular weight is 350 g/mol. The number of aryl methyl sites for hydroxylation is 1. The van der Waals surface area contributed by atoms with E-state index in [1.807, 2.05) is 0 Å². The van der Waals surface area contributed by atoms with E-state index in [-0.39, 0.29) is 22.4 Å². The lowest BCUT2D eigenvalue weighted by Gasteiger charge is -2.16. The van der Waals surface area contributed by atoms with E-state index in [4.69, 9.17) is 0 Å². The normalized spacial score (nSPS) is 16.7. The van der Waals surface area contributed by atoms with Crippen LogP contribution >= 0.6 is 0 Å². The molecular formula is C16H15FN2O4S. The van der Waals surface area contributed by atoms with Crippen molar-refractivity contribution in [3.63, 3.8) is 0 Å². The van der Waals surface area contributed by atoms with E-state index in [1.54, 1.807) is 6.07 Å². The second kappa shape index (κ2) is 5.86. The van der Waals surface area contributed by atoms with Crippen LogP contribution in [0.4, 0.5) is 15.8 Å². The van der Waals surface area contributed by atoms with Gasteiger partial charge in [0.25, 0.3) is 0 Å². The maximum absolute atomic E-state index is 13.3. The second-order valence-corrected chi connectivity index (χ2v) is 7.74. The minimum atomic E-state index is -3.73. The van der Waals surface area contributed by atoms with E-state index in [1.165, 1.54) is 30.3 Å². The van der Waals surface area contributed by atoms with Crippen LogP contribution in [0, 0.1) is 15.9 Å². The standard InChI is InChI=1S/C16H15FN2O4S/c1-24(22,23)15-4-2-3-14(16(15)19(20)21)18-13-8-5-10-9-11(17)6-7-12(10)13/h2-4,6-7,9,13,18H,5,8H2,1H3. The van der Waals surface area contributed by atoms with Crippen LogP contribution in [0.5, 0.6) is 0 Å². The van der Waals surface area contributed by atoms with Gasteiger partial charge in [0.2, 0.25) is 0 Å². The Morgan fingerprint density at radius 2 is 2.04 bits per heavy atom. The fourth-order valence-corrected chi connectivity index (χ4v) is 3.91. The molecule has 1 unspecified atom stereocenters. The minimum absolute atomic E-state index is 0.144. The lowest BCUT2D eigenvalue weighted by atomic mass is 10.1. The molecule has 1 atom stereocenters. The van der Waals surface area contributed by atoms with Gasteiger partial charge in [-0.2, -0.15) is 0 Å². The summed E-state index contributed by atoms with van der Waals surface area (Å²) in [5.74, 6) is -0.320. The maximum atomic E-state index is 13.3. The van der Waals surface area contributed by atoms with Crippen molar-refractivity contribution in [2.75, 3.05) is 11.6 Å². The zero-order valence-electron chi connectivity index (χ0n) is 12.8. The highest BCUT2D eigenvalue weighted by Gasteiger charge is 2.29. The molecule has 6 nitrogen and oxygen atoms in total. The van der Waals surface area contributed by atoms with Crippen molar-refractivity contribution < 1.29 is 17.7 Å². The molecule has 0 bridgehead atoms. The van der Waals surface area contributed by atoms with Crippen molar-refractivity contribution in [1.29, 1.82) is 0 Å².